The molecule has 0 amide bonds. The Balaban J connectivity index is 2.61. The fraction of sp³-hybridized carbons (Fsp3) is 0.417. The van der Waals surface area contributed by atoms with Crippen LogP contribution in [0.2, 0.25) is 0 Å². The molecule has 1 nitrogen and oxygen atoms in total. The maximum absolute atomic E-state index is 13.0. The number of carbonyl (C=O) groups is 1. The predicted molar refractivity (Wildman–Crippen MR) is 63.8 cm³/mol. The maximum atomic E-state index is 13.0. The van der Waals surface area contributed by atoms with Crippen molar-refractivity contribution in [3.63, 3.8) is 0 Å². The summed E-state index contributed by atoms with van der Waals surface area (Å²) in [5.41, 5.74) is 0.147. The maximum Gasteiger partial charge on any atom is 0.459 e. The van der Waals surface area contributed by atoms with Crippen LogP contribution in [0.1, 0.15) is 16.8 Å². The average Bonchev–Trinajstić information content (AvgIpc) is 2.38. The van der Waals surface area contributed by atoms with Gasteiger partial charge in [0.1, 0.15) is 0 Å². The van der Waals surface area contributed by atoms with Crippen LogP contribution in [-0.4, -0.2) is 28.9 Å². The molecule has 0 spiro atoms. The van der Waals surface area contributed by atoms with E-state index >= 15 is 0 Å². The van der Waals surface area contributed by atoms with E-state index in [-0.39, 0.29) is 17.3 Å². The Kier molecular flexibility index (Phi) is 5.30. The number of carbonyl (C=O) groups excluding carboxylic acids is 1. The standard InChI is InChI=1S/C12H9F7OS/c13-10(14,11(15,16)12(17,18)19)6-7-21-9(20)8-4-2-1-3-5-8/h1-5H,6-7H2. The second-order valence-electron chi connectivity index (χ2n) is 4.03. The molecule has 118 valence electrons. The van der Waals surface area contributed by atoms with E-state index in [2.05, 4.69) is 0 Å². The molecular formula is C12H9F7OS. The molecule has 0 fully saturated rings. The van der Waals surface area contributed by atoms with Crippen LogP contribution in [0.5, 0.6) is 0 Å². The smallest absolute Gasteiger partial charge is 0.282 e. The van der Waals surface area contributed by atoms with Gasteiger partial charge in [-0.15, -0.1) is 0 Å². The Morgan fingerprint density at radius 2 is 1.48 bits per heavy atom. The number of alkyl halides is 7. The van der Waals surface area contributed by atoms with Crippen molar-refractivity contribution in [2.45, 2.75) is 24.4 Å². The zero-order valence-corrected chi connectivity index (χ0v) is 11.1. The zero-order valence-electron chi connectivity index (χ0n) is 10.3. The van der Waals surface area contributed by atoms with Gasteiger partial charge in [0.15, 0.2) is 0 Å². The lowest BCUT2D eigenvalue weighted by Gasteiger charge is -2.27. The van der Waals surface area contributed by atoms with E-state index in [9.17, 15) is 35.5 Å². The molecule has 0 saturated heterocycles. The highest BCUT2D eigenvalue weighted by Crippen LogP contribution is 2.48. The van der Waals surface area contributed by atoms with E-state index in [4.69, 9.17) is 0 Å². The molecule has 0 bridgehead atoms. The van der Waals surface area contributed by atoms with Crippen molar-refractivity contribution in [1.82, 2.24) is 0 Å². The molecule has 0 saturated carbocycles. The molecule has 0 N–H and O–H groups in total. The van der Waals surface area contributed by atoms with Crippen molar-refractivity contribution >= 4 is 16.9 Å². The fourth-order valence-corrected chi connectivity index (χ4v) is 2.14. The molecule has 0 heterocycles. The Bertz CT molecular complexity index is 484. The van der Waals surface area contributed by atoms with Crippen LogP contribution >= 0.6 is 11.8 Å². The number of benzene rings is 1. The van der Waals surface area contributed by atoms with E-state index in [1.807, 2.05) is 0 Å². The molecule has 1 rings (SSSR count). The molecule has 0 radical (unpaired) electrons. The van der Waals surface area contributed by atoms with E-state index in [0.717, 1.165) is 0 Å². The van der Waals surface area contributed by atoms with Gasteiger partial charge in [-0.25, -0.2) is 0 Å². The first-order valence-corrected chi connectivity index (χ1v) is 6.52. The minimum Gasteiger partial charge on any atom is -0.282 e. The minimum absolute atomic E-state index is 0.147. The molecule has 1 aromatic carbocycles. The SMILES string of the molecule is O=C(SCCC(F)(F)C(F)(F)C(F)(F)F)c1ccccc1. The monoisotopic (exact) mass is 334 g/mol. The average molecular weight is 334 g/mol. The molecule has 0 atom stereocenters. The molecule has 0 unspecified atom stereocenters. The van der Waals surface area contributed by atoms with Crippen LogP contribution in [0.4, 0.5) is 30.7 Å². The summed E-state index contributed by atoms with van der Waals surface area (Å²) < 4.78 is 86.7. The number of hydrogen-bond donors (Lipinski definition) is 0. The Morgan fingerprint density at radius 3 is 1.95 bits per heavy atom. The van der Waals surface area contributed by atoms with Crippen LogP contribution in [0.15, 0.2) is 30.3 Å². The van der Waals surface area contributed by atoms with Crippen LogP contribution < -0.4 is 0 Å². The summed E-state index contributed by atoms with van der Waals surface area (Å²) in [5, 5.41) is -0.679. The minimum atomic E-state index is -6.34. The van der Waals surface area contributed by atoms with Gasteiger partial charge < -0.3 is 0 Å². The zero-order chi connectivity index (χ0) is 16.3. The lowest BCUT2D eigenvalue weighted by molar-refractivity contribution is -0.354. The second-order valence-corrected chi connectivity index (χ2v) is 5.10. The number of rotatable bonds is 5. The van der Waals surface area contributed by atoms with Crippen molar-refractivity contribution in [2.24, 2.45) is 0 Å². The van der Waals surface area contributed by atoms with Crippen LogP contribution in [-0.2, 0) is 0 Å². The van der Waals surface area contributed by atoms with E-state index < -0.39 is 35.3 Å². The van der Waals surface area contributed by atoms with E-state index in [0.29, 0.717) is 0 Å². The number of thioether (sulfide) groups is 1. The molecule has 0 aliphatic carbocycles. The summed E-state index contributed by atoms with van der Waals surface area (Å²) >= 11 is 0.264. The van der Waals surface area contributed by atoms with Gasteiger partial charge in [0.05, 0.1) is 0 Å². The molecule has 0 aromatic heterocycles. The summed E-state index contributed by atoms with van der Waals surface area (Å²) in [6.45, 7) is 0. The van der Waals surface area contributed by atoms with Gasteiger partial charge in [0.2, 0.25) is 5.12 Å². The van der Waals surface area contributed by atoms with Gasteiger partial charge in [0.25, 0.3) is 0 Å². The summed E-state index contributed by atoms with van der Waals surface area (Å²) in [4.78, 5) is 11.5. The Hall–Kier alpha value is -1.25. The first-order chi connectivity index (χ1) is 9.49. The van der Waals surface area contributed by atoms with Crippen molar-refractivity contribution in [1.29, 1.82) is 0 Å². The normalized spacial score (nSPS) is 13.3. The topological polar surface area (TPSA) is 17.1 Å². The van der Waals surface area contributed by atoms with Gasteiger partial charge in [-0.05, 0) is 0 Å². The first kappa shape index (κ1) is 17.8. The van der Waals surface area contributed by atoms with Crippen molar-refractivity contribution in [3.05, 3.63) is 35.9 Å². The van der Waals surface area contributed by atoms with Gasteiger partial charge in [-0.1, -0.05) is 42.1 Å². The third-order valence-electron chi connectivity index (χ3n) is 2.47. The summed E-state index contributed by atoms with van der Waals surface area (Å²) in [6, 6.07) is 7.34. The molecule has 21 heavy (non-hydrogen) atoms. The van der Waals surface area contributed by atoms with Gasteiger partial charge in [0, 0.05) is 17.7 Å². The Morgan fingerprint density at radius 1 is 0.952 bits per heavy atom. The third-order valence-corrected chi connectivity index (χ3v) is 3.38. The van der Waals surface area contributed by atoms with E-state index in [1.165, 1.54) is 24.3 Å². The van der Waals surface area contributed by atoms with Gasteiger partial charge >= 0.3 is 18.0 Å². The number of hydrogen-bond acceptors (Lipinski definition) is 2. The van der Waals surface area contributed by atoms with Crippen molar-refractivity contribution in [2.75, 3.05) is 5.75 Å². The fourth-order valence-electron chi connectivity index (χ4n) is 1.29. The largest absolute Gasteiger partial charge is 0.459 e. The lowest BCUT2D eigenvalue weighted by Crippen LogP contribution is -2.52. The lowest BCUT2D eigenvalue weighted by atomic mass is 10.1. The predicted octanol–water partition coefficient (Wildman–Crippen LogP) is 4.78. The van der Waals surface area contributed by atoms with Gasteiger partial charge in [-0.2, -0.15) is 30.7 Å². The van der Waals surface area contributed by atoms with Crippen molar-refractivity contribution < 1.29 is 35.5 Å². The first-order valence-electron chi connectivity index (χ1n) is 5.53. The van der Waals surface area contributed by atoms with E-state index in [1.54, 1.807) is 6.07 Å². The van der Waals surface area contributed by atoms with Crippen LogP contribution in [0.3, 0.4) is 0 Å². The summed E-state index contributed by atoms with van der Waals surface area (Å²) in [6.07, 6.45) is -8.10. The highest BCUT2D eigenvalue weighted by atomic mass is 32.2. The van der Waals surface area contributed by atoms with Gasteiger partial charge in [-0.3, -0.25) is 4.79 Å². The van der Waals surface area contributed by atoms with Crippen LogP contribution in [0, 0.1) is 0 Å². The quantitative estimate of drug-likeness (QED) is 0.721. The third kappa shape index (κ3) is 4.12. The summed E-state index contributed by atoms with van der Waals surface area (Å²) in [5.74, 6) is -12.3. The molecule has 0 aliphatic heterocycles. The highest BCUT2D eigenvalue weighted by molar-refractivity contribution is 8.14. The van der Waals surface area contributed by atoms with Crippen LogP contribution in [0.25, 0.3) is 0 Å². The summed E-state index contributed by atoms with van der Waals surface area (Å²) in [7, 11) is 0. The molecule has 0 aliphatic rings. The number of halogens is 7. The molecule has 9 heteroatoms. The second kappa shape index (κ2) is 6.25. The van der Waals surface area contributed by atoms with Crippen molar-refractivity contribution in [3.8, 4) is 0 Å². The molecule has 1 aromatic rings. The Labute approximate surface area is 119 Å². The highest BCUT2D eigenvalue weighted by Gasteiger charge is 2.72. The molecular weight excluding hydrogens is 325 g/mol.